The van der Waals surface area contributed by atoms with Gasteiger partial charge >= 0.3 is 0 Å². The van der Waals surface area contributed by atoms with Crippen molar-refractivity contribution in [3.63, 3.8) is 0 Å². The van der Waals surface area contributed by atoms with Gasteiger partial charge in [-0.15, -0.1) is 0 Å². The van der Waals surface area contributed by atoms with Gasteiger partial charge in [-0.1, -0.05) is 42.8 Å². The maximum atomic E-state index is 11.1. The predicted molar refractivity (Wildman–Crippen MR) is 93.1 cm³/mol. The van der Waals surface area contributed by atoms with E-state index in [2.05, 4.69) is 24.4 Å². The molecule has 0 fully saturated rings. The molecule has 1 heterocycles. The zero-order valence-electron chi connectivity index (χ0n) is 13.4. The van der Waals surface area contributed by atoms with E-state index in [1.165, 1.54) is 18.1 Å². The van der Waals surface area contributed by atoms with E-state index in [9.17, 15) is 4.79 Å². The summed E-state index contributed by atoms with van der Waals surface area (Å²) < 4.78 is 6.12. The van der Waals surface area contributed by atoms with Gasteiger partial charge in [-0.25, -0.2) is 0 Å². The average molecular weight is 330 g/mol. The SMILES string of the molecule is CCc1cc2c(c(-c3ccccc3Cl)c1)O[C@@H](CNC(C)=O)C2. The van der Waals surface area contributed by atoms with Crippen molar-refractivity contribution in [1.82, 2.24) is 5.32 Å². The first-order valence-electron chi connectivity index (χ1n) is 7.90. The zero-order chi connectivity index (χ0) is 16.4. The van der Waals surface area contributed by atoms with Crippen molar-refractivity contribution >= 4 is 17.5 Å². The maximum Gasteiger partial charge on any atom is 0.217 e. The molecule has 1 aliphatic rings. The second kappa shape index (κ2) is 6.63. The van der Waals surface area contributed by atoms with Crippen LogP contribution in [-0.2, 0) is 17.6 Å². The number of halogens is 1. The number of nitrogens with one attached hydrogen (secondary N) is 1. The van der Waals surface area contributed by atoms with Crippen LogP contribution >= 0.6 is 11.6 Å². The van der Waals surface area contributed by atoms with E-state index in [1.807, 2.05) is 24.3 Å². The summed E-state index contributed by atoms with van der Waals surface area (Å²) in [5.74, 6) is 0.857. The maximum absolute atomic E-state index is 11.1. The van der Waals surface area contributed by atoms with Crippen LogP contribution in [0.2, 0.25) is 5.02 Å². The molecule has 4 heteroatoms. The molecule has 0 saturated heterocycles. The first kappa shape index (κ1) is 15.9. The molecule has 1 atom stereocenters. The minimum Gasteiger partial charge on any atom is -0.487 e. The summed E-state index contributed by atoms with van der Waals surface area (Å²) in [6.45, 7) is 4.18. The van der Waals surface area contributed by atoms with Crippen molar-refractivity contribution in [3.8, 4) is 16.9 Å². The predicted octanol–water partition coefficient (Wildman–Crippen LogP) is 4.01. The minimum atomic E-state index is -0.0369. The fraction of sp³-hybridized carbons (Fsp3) is 0.316. The van der Waals surface area contributed by atoms with E-state index < -0.39 is 0 Å². The molecule has 0 bridgehead atoms. The van der Waals surface area contributed by atoms with E-state index in [4.69, 9.17) is 16.3 Å². The van der Waals surface area contributed by atoms with Gasteiger partial charge in [0.05, 0.1) is 6.54 Å². The number of aryl methyl sites for hydroxylation is 1. The quantitative estimate of drug-likeness (QED) is 0.920. The van der Waals surface area contributed by atoms with Gasteiger partial charge in [0.25, 0.3) is 0 Å². The molecule has 1 aliphatic heterocycles. The molecule has 3 rings (SSSR count). The van der Waals surface area contributed by atoms with Crippen LogP contribution in [0.25, 0.3) is 11.1 Å². The second-order valence-corrected chi connectivity index (χ2v) is 6.25. The van der Waals surface area contributed by atoms with E-state index in [-0.39, 0.29) is 12.0 Å². The van der Waals surface area contributed by atoms with Gasteiger partial charge in [0.15, 0.2) is 0 Å². The summed E-state index contributed by atoms with van der Waals surface area (Å²) in [5.41, 5.74) is 4.48. The average Bonchev–Trinajstić information content (AvgIpc) is 2.95. The number of benzene rings is 2. The van der Waals surface area contributed by atoms with Crippen molar-refractivity contribution in [2.24, 2.45) is 0 Å². The molecule has 0 aromatic heterocycles. The Morgan fingerprint density at radius 3 is 2.78 bits per heavy atom. The highest BCUT2D eigenvalue weighted by Gasteiger charge is 2.27. The molecule has 1 N–H and O–H groups in total. The first-order chi connectivity index (χ1) is 11.1. The summed E-state index contributed by atoms with van der Waals surface area (Å²) in [5, 5.41) is 3.55. The van der Waals surface area contributed by atoms with Crippen molar-refractivity contribution in [2.45, 2.75) is 32.8 Å². The third kappa shape index (κ3) is 3.35. The summed E-state index contributed by atoms with van der Waals surface area (Å²) in [7, 11) is 0. The number of amides is 1. The first-order valence-corrected chi connectivity index (χ1v) is 8.28. The topological polar surface area (TPSA) is 38.3 Å². The molecule has 2 aromatic rings. The molecule has 0 saturated carbocycles. The highest BCUT2D eigenvalue weighted by Crippen LogP contribution is 2.42. The molecule has 0 spiro atoms. The Morgan fingerprint density at radius 1 is 1.30 bits per heavy atom. The number of hydrogen-bond acceptors (Lipinski definition) is 2. The summed E-state index contributed by atoms with van der Waals surface area (Å²) in [6, 6.07) is 12.2. The molecule has 120 valence electrons. The molecule has 0 radical (unpaired) electrons. The summed E-state index contributed by atoms with van der Waals surface area (Å²) in [6.07, 6.45) is 1.74. The van der Waals surface area contributed by atoms with Crippen molar-refractivity contribution in [1.29, 1.82) is 0 Å². The molecule has 0 aliphatic carbocycles. The van der Waals surface area contributed by atoms with Gasteiger partial charge in [-0.2, -0.15) is 0 Å². The minimum absolute atomic E-state index is 0.0257. The Labute approximate surface area is 141 Å². The number of ether oxygens (including phenoxy) is 1. The fourth-order valence-corrected chi connectivity index (χ4v) is 3.19. The molecule has 2 aromatic carbocycles. The molecule has 1 amide bonds. The highest BCUT2D eigenvalue weighted by atomic mass is 35.5. The Hall–Kier alpha value is -2.00. The highest BCUT2D eigenvalue weighted by molar-refractivity contribution is 6.33. The van der Waals surface area contributed by atoms with Gasteiger partial charge in [0.1, 0.15) is 11.9 Å². The van der Waals surface area contributed by atoms with Gasteiger partial charge in [0.2, 0.25) is 5.91 Å². The van der Waals surface area contributed by atoms with Gasteiger partial charge in [-0.05, 0) is 29.7 Å². The lowest BCUT2D eigenvalue weighted by atomic mass is 9.96. The molecular formula is C19H20ClNO2. The third-order valence-corrected chi connectivity index (χ3v) is 4.44. The van der Waals surface area contributed by atoms with Crippen LogP contribution in [0.1, 0.15) is 25.0 Å². The largest absolute Gasteiger partial charge is 0.487 e. The lowest BCUT2D eigenvalue weighted by Gasteiger charge is -2.14. The molecule has 0 unspecified atom stereocenters. The normalized spacial score (nSPS) is 15.9. The molecule has 23 heavy (non-hydrogen) atoms. The van der Waals surface area contributed by atoms with Crippen LogP contribution in [0.5, 0.6) is 5.75 Å². The van der Waals surface area contributed by atoms with Gasteiger partial charge < -0.3 is 10.1 Å². The van der Waals surface area contributed by atoms with Gasteiger partial charge in [0, 0.05) is 29.5 Å². The van der Waals surface area contributed by atoms with E-state index in [0.717, 1.165) is 34.7 Å². The van der Waals surface area contributed by atoms with Crippen molar-refractivity contribution in [2.75, 3.05) is 6.54 Å². The molecular weight excluding hydrogens is 310 g/mol. The molecule has 3 nitrogen and oxygen atoms in total. The fourth-order valence-electron chi connectivity index (χ4n) is 2.95. The van der Waals surface area contributed by atoms with E-state index in [1.54, 1.807) is 0 Å². The number of rotatable bonds is 4. The van der Waals surface area contributed by atoms with Crippen LogP contribution in [0.15, 0.2) is 36.4 Å². The Kier molecular flexibility index (Phi) is 4.58. The van der Waals surface area contributed by atoms with E-state index in [0.29, 0.717) is 6.54 Å². The number of hydrogen-bond donors (Lipinski definition) is 1. The standard InChI is InChI=1S/C19H20ClNO2/c1-3-13-8-14-10-15(11-21-12(2)22)23-19(14)17(9-13)16-6-4-5-7-18(16)20/h4-9,15H,3,10-11H2,1-2H3,(H,21,22)/t15-/m1/s1. The smallest absolute Gasteiger partial charge is 0.217 e. The number of carbonyl (C=O) groups excluding carboxylic acids is 1. The Morgan fingerprint density at radius 2 is 2.09 bits per heavy atom. The summed E-state index contributed by atoms with van der Waals surface area (Å²) >= 11 is 6.38. The second-order valence-electron chi connectivity index (χ2n) is 5.85. The van der Waals surface area contributed by atoms with E-state index >= 15 is 0 Å². The monoisotopic (exact) mass is 329 g/mol. The zero-order valence-corrected chi connectivity index (χ0v) is 14.1. The van der Waals surface area contributed by atoms with Crippen molar-refractivity contribution in [3.05, 3.63) is 52.5 Å². The van der Waals surface area contributed by atoms with Crippen molar-refractivity contribution < 1.29 is 9.53 Å². The Bertz CT molecular complexity index is 742. The van der Waals surface area contributed by atoms with Crippen LogP contribution < -0.4 is 10.1 Å². The lowest BCUT2D eigenvalue weighted by molar-refractivity contribution is -0.119. The summed E-state index contributed by atoms with van der Waals surface area (Å²) in [4.78, 5) is 11.1. The van der Waals surface area contributed by atoms with Crippen LogP contribution in [0.3, 0.4) is 0 Å². The Balaban J connectivity index is 1.98. The van der Waals surface area contributed by atoms with Gasteiger partial charge in [-0.3, -0.25) is 4.79 Å². The third-order valence-electron chi connectivity index (χ3n) is 4.11. The van der Waals surface area contributed by atoms with Crippen LogP contribution in [-0.4, -0.2) is 18.6 Å². The van der Waals surface area contributed by atoms with Crippen LogP contribution in [0, 0.1) is 0 Å². The number of carbonyl (C=O) groups is 1. The lowest BCUT2D eigenvalue weighted by Crippen LogP contribution is -2.32. The van der Waals surface area contributed by atoms with Crippen LogP contribution in [0.4, 0.5) is 0 Å². The number of fused-ring (bicyclic) bond motifs is 1.